The van der Waals surface area contributed by atoms with Gasteiger partial charge in [-0.1, -0.05) is 0 Å². The molecule has 1 N–H and O–H groups in total. The number of carbonyl (C=O) groups is 2. The van der Waals surface area contributed by atoms with E-state index in [0.717, 1.165) is 0 Å². The summed E-state index contributed by atoms with van der Waals surface area (Å²) in [5.41, 5.74) is 0. The van der Waals surface area contributed by atoms with Crippen molar-refractivity contribution >= 4 is 26.0 Å². The Morgan fingerprint density at radius 3 is 2.18 bits per heavy atom. The number of rotatable bonds is 2. The van der Waals surface area contributed by atoms with Crippen LogP contribution in [0.5, 0.6) is 0 Å². The molecule has 1 fully saturated rings. The first-order valence-electron chi connectivity index (χ1n) is 3.69. The molecule has 1 saturated heterocycles. The Kier molecular flexibility index (Phi) is 2.34. The molecule has 0 radical (unpaired) electrons. The van der Waals surface area contributed by atoms with E-state index in [0.29, 0.717) is 14.3 Å². The maximum Gasteiger partial charge on any atom is 0.211 e. The normalized spacial score (nSPS) is 19.6. The van der Waals surface area contributed by atoms with Gasteiger partial charge in [-0.3, -0.25) is 14.5 Å². The Labute approximate surface area is 66.8 Å². The van der Waals surface area contributed by atoms with Gasteiger partial charge in [-0.25, -0.2) is 0 Å². The molecule has 0 bridgehead atoms. The van der Waals surface area contributed by atoms with Crippen molar-refractivity contribution in [2.45, 2.75) is 13.1 Å². The van der Waals surface area contributed by atoms with E-state index in [4.69, 9.17) is 0 Å². The Morgan fingerprint density at radius 1 is 1.36 bits per heavy atom. The van der Waals surface area contributed by atoms with Gasteiger partial charge in [0.15, 0.2) is 11.6 Å². The molecule has 2 amide bonds. The third-order valence-corrected chi connectivity index (χ3v) is 1.90. The fourth-order valence-corrected chi connectivity index (χ4v) is 1.15. The first kappa shape index (κ1) is 8.33. The smallest absolute Gasteiger partial charge is 0.211 e. The minimum atomic E-state index is -0.169. The highest BCUT2D eigenvalue weighted by Gasteiger charge is 2.33. The van der Waals surface area contributed by atoms with E-state index in [1.807, 2.05) is 0 Å². The van der Waals surface area contributed by atoms with Gasteiger partial charge in [0.2, 0.25) is 14.3 Å². The summed E-state index contributed by atoms with van der Waals surface area (Å²) >= 11 is 0. The molecule has 1 unspecified atom stereocenters. The predicted octanol–water partition coefficient (Wildman–Crippen LogP) is -1.10. The minimum Gasteiger partial charge on any atom is -0.300 e. The molecule has 1 rings (SSSR count). The van der Waals surface area contributed by atoms with E-state index < -0.39 is 0 Å². The first-order valence-corrected chi connectivity index (χ1v) is 3.69. The molecule has 1 aliphatic heterocycles. The SMILES string of the molecule is CNC(C)N1C(=O)BBC1=O. The molecule has 58 valence electrons. The molecule has 1 atom stereocenters. The summed E-state index contributed by atoms with van der Waals surface area (Å²) in [6, 6.07) is 0. The standard InChI is InChI=1S/C5H10B2N2O2/c1-3(8-2)9-4(10)6-7-5(9)11/h3,6-8H,1-2H3. The first-order chi connectivity index (χ1) is 5.16. The third-order valence-electron chi connectivity index (χ3n) is 1.90. The highest BCUT2D eigenvalue weighted by molar-refractivity contribution is 7.30. The molecule has 0 aromatic carbocycles. The lowest BCUT2D eigenvalue weighted by atomic mass is 9.42. The third kappa shape index (κ3) is 1.45. The van der Waals surface area contributed by atoms with E-state index in [2.05, 4.69) is 5.32 Å². The van der Waals surface area contributed by atoms with Crippen molar-refractivity contribution in [3.8, 4) is 0 Å². The number of hydrogen-bond donors (Lipinski definition) is 1. The number of nitrogens with one attached hydrogen (secondary N) is 1. The number of carbonyl (C=O) groups excluding carboxylic acids is 2. The van der Waals surface area contributed by atoms with E-state index >= 15 is 0 Å². The van der Waals surface area contributed by atoms with Gasteiger partial charge in [0.1, 0.15) is 0 Å². The lowest BCUT2D eigenvalue weighted by Gasteiger charge is -2.22. The summed E-state index contributed by atoms with van der Waals surface area (Å²) in [5, 5.41) is 2.85. The van der Waals surface area contributed by atoms with Gasteiger partial charge in [0.05, 0.1) is 6.17 Å². The summed E-state index contributed by atoms with van der Waals surface area (Å²) < 4.78 is 0. The van der Waals surface area contributed by atoms with Crippen molar-refractivity contribution in [1.82, 2.24) is 10.2 Å². The minimum absolute atomic E-state index is 0.0724. The fraction of sp³-hybridized carbons (Fsp3) is 0.600. The summed E-state index contributed by atoms with van der Waals surface area (Å²) in [6.45, 7) is 1.79. The molecule has 4 nitrogen and oxygen atoms in total. The van der Waals surface area contributed by atoms with E-state index in [1.165, 1.54) is 4.90 Å². The van der Waals surface area contributed by atoms with Crippen LogP contribution >= 0.6 is 0 Å². The summed E-state index contributed by atoms with van der Waals surface area (Å²) in [7, 11) is 2.46. The molecule has 0 spiro atoms. The average Bonchev–Trinajstić information content (AvgIpc) is 2.30. The Hall–Kier alpha value is -0.770. The Morgan fingerprint density at radius 2 is 1.82 bits per heavy atom. The average molecular weight is 152 g/mol. The summed E-state index contributed by atoms with van der Waals surface area (Å²) in [6.07, 6.45) is -0.169. The maximum atomic E-state index is 11.1. The second-order valence-corrected chi connectivity index (χ2v) is 2.62. The largest absolute Gasteiger partial charge is 0.300 e. The summed E-state index contributed by atoms with van der Waals surface area (Å²) in [4.78, 5) is 23.4. The number of amides is 2. The number of hydrogen-bond acceptors (Lipinski definition) is 3. The zero-order valence-electron chi connectivity index (χ0n) is 6.76. The van der Waals surface area contributed by atoms with Crippen LogP contribution in [0.1, 0.15) is 6.92 Å². The van der Waals surface area contributed by atoms with Crippen LogP contribution in [0.25, 0.3) is 0 Å². The van der Waals surface area contributed by atoms with Crippen molar-refractivity contribution in [3.63, 3.8) is 0 Å². The monoisotopic (exact) mass is 152 g/mol. The molecule has 0 aliphatic carbocycles. The van der Waals surface area contributed by atoms with Crippen LogP contribution in [-0.4, -0.2) is 44.1 Å². The van der Waals surface area contributed by atoms with Crippen molar-refractivity contribution in [3.05, 3.63) is 0 Å². The van der Waals surface area contributed by atoms with Crippen molar-refractivity contribution in [2.75, 3.05) is 7.05 Å². The quantitative estimate of drug-likeness (QED) is 0.510. The fourth-order valence-electron chi connectivity index (χ4n) is 1.15. The zero-order valence-corrected chi connectivity index (χ0v) is 6.76. The molecule has 0 aromatic heterocycles. The Balaban J connectivity index is 2.68. The van der Waals surface area contributed by atoms with E-state index in [1.54, 1.807) is 14.0 Å². The predicted molar refractivity (Wildman–Crippen MR) is 45.5 cm³/mol. The topological polar surface area (TPSA) is 49.4 Å². The summed E-state index contributed by atoms with van der Waals surface area (Å²) in [5.74, 6) is -0.145. The van der Waals surface area contributed by atoms with Crippen LogP contribution in [0, 0.1) is 0 Å². The maximum absolute atomic E-state index is 11.1. The van der Waals surface area contributed by atoms with Crippen LogP contribution in [0.15, 0.2) is 0 Å². The molecule has 0 saturated carbocycles. The highest BCUT2D eigenvalue weighted by Crippen LogP contribution is 2.04. The highest BCUT2D eigenvalue weighted by atomic mass is 16.2. The molecule has 1 heterocycles. The van der Waals surface area contributed by atoms with Crippen molar-refractivity contribution < 1.29 is 9.59 Å². The van der Waals surface area contributed by atoms with Crippen molar-refractivity contribution in [2.24, 2.45) is 0 Å². The second kappa shape index (κ2) is 3.09. The van der Waals surface area contributed by atoms with Crippen LogP contribution < -0.4 is 5.32 Å². The zero-order chi connectivity index (χ0) is 8.43. The molecule has 0 aromatic rings. The lowest BCUT2D eigenvalue weighted by Crippen LogP contribution is -2.44. The molecular formula is C5H10B2N2O2. The van der Waals surface area contributed by atoms with Crippen LogP contribution in [0.4, 0.5) is 9.59 Å². The molecule has 6 heteroatoms. The van der Waals surface area contributed by atoms with Crippen molar-refractivity contribution in [1.29, 1.82) is 0 Å². The van der Waals surface area contributed by atoms with Gasteiger partial charge >= 0.3 is 0 Å². The lowest BCUT2D eigenvalue weighted by molar-refractivity contribution is 0.197. The number of imide groups is 1. The van der Waals surface area contributed by atoms with Crippen LogP contribution in [-0.2, 0) is 0 Å². The van der Waals surface area contributed by atoms with Gasteiger partial charge < -0.3 is 5.32 Å². The van der Waals surface area contributed by atoms with Gasteiger partial charge in [-0.2, -0.15) is 0 Å². The van der Waals surface area contributed by atoms with E-state index in [-0.39, 0.29) is 17.8 Å². The van der Waals surface area contributed by atoms with Gasteiger partial charge in [0, 0.05) is 0 Å². The van der Waals surface area contributed by atoms with Crippen LogP contribution in [0.3, 0.4) is 0 Å². The molecular weight excluding hydrogens is 142 g/mol. The second-order valence-electron chi connectivity index (χ2n) is 2.62. The van der Waals surface area contributed by atoms with Gasteiger partial charge in [-0.05, 0) is 14.0 Å². The van der Waals surface area contributed by atoms with Gasteiger partial charge in [0.25, 0.3) is 0 Å². The molecule has 11 heavy (non-hydrogen) atoms. The number of nitrogens with zero attached hydrogens (tertiary/aromatic N) is 1. The molecule has 1 aliphatic rings. The van der Waals surface area contributed by atoms with E-state index in [9.17, 15) is 9.59 Å². The van der Waals surface area contributed by atoms with Gasteiger partial charge in [-0.15, -0.1) is 0 Å². The van der Waals surface area contributed by atoms with Crippen LogP contribution in [0.2, 0.25) is 0 Å². The Bertz CT molecular complexity index is 181.